The fourth-order valence-electron chi connectivity index (χ4n) is 2.85. The summed E-state index contributed by atoms with van der Waals surface area (Å²) in [6.07, 6.45) is 1.30. The van der Waals surface area contributed by atoms with Gasteiger partial charge in [-0.05, 0) is 44.5 Å². The van der Waals surface area contributed by atoms with E-state index in [1.54, 1.807) is 16.7 Å². The highest BCUT2D eigenvalue weighted by molar-refractivity contribution is 5.89. The van der Waals surface area contributed by atoms with Crippen LogP contribution in [-0.2, 0) is 17.8 Å². The third kappa shape index (κ3) is 4.51. The van der Waals surface area contributed by atoms with Gasteiger partial charge in [0.2, 0.25) is 17.6 Å². The highest BCUT2D eigenvalue weighted by atomic mass is 16.5. The Morgan fingerprint density at radius 1 is 1.18 bits per heavy atom. The molecule has 0 bridgehead atoms. The molecule has 0 atom stereocenters. The molecule has 3 rings (SSSR count). The smallest absolute Gasteiger partial charge is 0.261 e. The number of hydrogen-bond donors (Lipinski definition) is 1. The maximum Gasteiger partial charge on any atom is 0.261 e. The lowest BCUT2D eigenvalue weighted by Gasteiger charge is -2.09. The first-order valence-electron chi connectivity index (χ1n) is 9.25. The van der Waals surface area contributed by atoms with E-state index in [2.05, 4.69) is 20.4 Å². The second-order valence-electron chi connectivity index (χ2n) is 6.57. The maximum absolute atomic E-state index is 12.7. The van der Waals surface area contributed by atoms with Crippen molar-refractivity contribution in [3.05, 3.63) is 58.0 Å². The van der Waals surface area contributed by atoms with Gasteiger partial charge in [-0.15, -0.1) is 0 Å². The van der Waals surface area contributed by atoms with Crippen molar-refractivity contribution in [3.63, 3.8) is 0 Å². The maximum atomic E-state index is 12.7. The van der Waals surface area contributed by atoms with Gasteiger partial charge in [0.05, 0.1) is 5.56 Å². The van der Waals surface area contributed by atoms with E-state index in [0.717, 1.165) is 17.8 Å². The number of nitrogens with zero attached hydrogens (tertiary/aromatic N) is 4. The van der Waals surface area contributed by atoms with E-state index in [4.69, 9.17) is 4.52 Å². The zero-order chi connectivity index (χ0) is 20.1. The minimum Gasteiger partial charge on any atom is -0.339 e. The molecule has 0 unspecified atom stereocenters. The Morgan fingerprint density at radius 2 is 2.00 bits per heavy atom. The molecular formula is C20H23N5O3. The summed E-state index contributed by atoms with van der Waals surface area (Å²) in [4.78, 5) is 33.3. The van der Waals surface area contributed by atoms with Gasteiger partial charge in [0.15, 0.2) is 0 Å². The van der Waals surface area contributed by atoms with E-state index >= 15 is 0 Å². The molecule has 0 aliphatic carbocycles. The van der Waals surface area contributed by atoms with Gasteiger partial charge in [0.25, 0.3) is 5.56 Å². The Balaban J connectivity index is 1.67. The lowest BCUT2D eigenvalue weighted by atomic mass is 10.2. The van der Waals surface area contributed by atoms with Crippen LogP contribution >= 0.6 is 0 Å². The number of nitrogens with one attached hydrogen (secondary N) is 1. The second-order valence-corrected chi connectivity index (χ2v) is 6.57. The summed E-state index contributed by atoms with van der Waals surface area (Å²) in [5, 5.41) is 6.64. The van der Waals surface area contributed by atoms with E-state index < -0.39 is 0 Å². The van der Waals surface area contributed by atoms with Crippen LogP contribution in [0.1, 0.15) is 37.0 Å². The van der Waals surface area contributed by atoms with Crippen molar-refractivity contribution >= 4 is 11.7 Å². The molecule has 28 heavy (non-hydrogen) atoms. The van der Waals surface area contributed by atoms with Gasteiger partial charge in [0, 0.05) is 30.8 Å². The molecule has 0 aliphatic heterocycles. The summed E-state index contributed by atoms with van der Waals surface area (Å²) in [7, 11) is 0. The van der Waals surface area contributed by atoms with Crippen LogP contribution in [0.25, 0.3) is 11.4 Å². The van der Waals surface area contributed by atoms with Gasteiger partial charge in [0.1, 0.15) is 5.82 Å². The lowest BCUT2D eigenvalue weighted by Crippen LogP contribution is -2.23. The van der Waals surface area contributed by atoms with Crippen LogP contribution in [0, 0.1) is 13.8 Å². The summed E-state index contributed by atoms with van der Waals surface area (Å²) in [6, 6.07) is 8.98. The first-order chi connectivity index (χ1) is 13.5. The van der Waals surface area contributed by atoms with Crippen molar-refractivity contribution in [3.8, 4) is 11.4 Å². The van der Waals surface area contributed by atoms with Crippen molar-refractivity contribution in [2.24, 2.45) is 0 Å². The Bertz CT molecular complexity index is 1040. The lowest BCUT2D eigenvalue weighted by molar-refractivity contribution is -0.116. The fraction of sp³-hybridized carbons (Fsp3) is 0.350. The average Bonchev–Trinajstić information content (AvgIpc) is 3.12. The Labute approximate surface area is 162 Å². The number of carbonyl (C=O) groups excluding carboxylic acids is 1. The summed E-state index contributed by atoms with van der Waals surface area (Å²) in [6.45, 7) is 6.40. The van der Waals surface area contributed by atoms with Gasteiger partial charge in [-0.3, -0.25) is 9.59 Å². The standard InChI is InChI=1S/C20H23N5O3/c1-4-12-25-14(3)8-9-15(20(25)27)19-23-18(28-24-19)11-10-17(26)22-16-7-5-6-13(2)21-16/h5-9H,4,10-12H2,1-3H3,(H,21,22,26). The van der Waals surface area contributed by atoms with E-state index in [1.165, 1.54) is 0 Å². The predicted molar refractivity (Wildman–Crippen MR) is 105 cm³/mol. The molecule has 8 nitrogen and oxygen atoms in total. The van der Waals surface area contributed by atoms with Gasteiger partial charge < -0.3 is 14.4 Å². The van der Waals surface area contributed by atoms with E-state index in [-0.39, 0.29) is 30.1 Å². The minimum absolute atomic E-state index is 0.141. The molecule has 0 aromatic carbocycles. The number of aryl methyl sites for hydroxylation is 3. The molecule has 146 valence electrons. The van der Waals surface area contributed by atoms with Crippen LogP contribution in [0.2, 0.25) is 0 Å². The van der Waals surface area contributed by atoms with Crippen LogP contribution in [-0.4, -0.2) is 25.6 Å². The van der Waals surface area contributed by atoms with Gasteiger partial charge >= 0.3 is 0 Å². The Morgan fingerprint density at radius 3 is 2.75 bits per heavy atom. The van der Waals surface area contributed by atoms with Crippen molar-refractivity contribution in [2.45, 2.75) is 46.6 Å². The number of anilines is 1. The van der Waals surface area contributed by atoms with Crippen molar-refractivity contribution in [1.82, 2.24) is 19.7 Å². The average molecular weight is 381 g/mol. The van der Waals surface area contributed by atoms with Crippen molar-refractivity contribution in [1.29, 1.82) is 0 Å². The van der Waals surface area contributed by atoms with Crippen molar-refractivity contribution < 1.29 is 9.32 Å². The monoisotopic (exact) mass is 381 g/mol. The molecule has 1 amide bonds. The third-order valence-corrected chi connectivity index (χ3v) is 4.27. The minimum atomic E-state index is -0.196. The van der Waals surface area contributed by atoms with E-state index in [1.807, 2.05) is 39.0 Å². The highest BCUT2D eigenvalue weighted by Crippen LogP contribution is 2.14. The van der Waals surface area contributed by atoms with Crippen molar-refractivity contribution in [2.75, 3.05) is 5.32 Å². The summed E-state index contributed by atoms with van der Waals surface area (Å²) in [5.74, 6) is 0.862. The SMILES string of the molecule is CCCn1c(C)ccc(-c2noc(CCC(=O)Nc3cccc(C)n3)n2)c1=O. The summed E-state index contributed by atoms with van der Waals surface area (Å²) < 4.78 is 6.92. The van der Waals surface area contributed by atoms with E-state index in [9.17, 15) is 9.59 Å². The van der Waals surface area contributed by atoms with Crippen LogP contribution in [0.4, 0.5) is 5.82 Å². The molecule has 0 spiro atoms. The molecule has 3 aromatic rings. The molecule has 1 N–H and O–H groups in total. The molecule has 0 saturated carbocycles. The predicted octanol–water partition coefficient (Wildman–Crippen LogP) is 2.89. The largest absolute Gasteiger partial charge is 0.339 e. The third-order valence-electron chi connectivity index (χ3n) is 4.27. The van der Waals surface area contributed by atoms with E-state index in [0.29, 0.717) is 23.8 Å². The molecular weight excluding hydrogens is 358 g/mol. The van der Waals surface area contributed by atoms with Gasteiger partial charge in [-0.25, -0.2) is 4.98 Å². The van der Waals surface area contributed by atoms with Crippen LogP contribution < -0.4 is 10.9 Å². The number of rotatable bonds is 7. The Hall–Kier alpha value is -3.29. The number of hydrogen-bond acceptors (Lipinski definition) is 6. The fourth-order valence-corrected chi connectivity index (χ4v) is 2.85. The molecule has 0 fully saturated rings. The molecule has 0 saturated heterocycles. The number of aromatic nitrogens is 4. The van der Waals surface area contributed by atoms with Crippen LogP contribution in [0.5, 0.6) is 0 Å². The zero-order valence-corrected chi connectivity index (χ0v) is 16.2. The number of pyridine rings is 2. The van der Waals surface area contributed by atoms with Crippen LogP contribution in [0.15, 0.2) is 39.6 Å². The first-order valence-corrected chi connectivity index (χ1v) is 9.25. The molecule has 0 aliphatic rings. The molecule has 0 radical (unpaired) electrons. The van der Waals surface area contributed by atoms with Gasteiger partial charge in [-0.1, -0.05) is 18.1 Å². The molecule has 8 heteroatoms. The summed E-state index contributed by atoms with van der Waals surface area (Å²) in [5.41, 5.74) is 1.96. The first kappa shape index (κ1) is 19.5. The molecule has 3 aromatic heterocycles. The number of carbonyl (C=O) groups is 1. The topological polar surface area (TPSA) is 103 Å². The highest BCUT2D eigenvalue weighted by Gasteiger charge is 2.15. The quantitative estimate of drug-likeness (QED) is 0.675. The number of amides is 1. The molecule has 3 heterocycles. The zero-order valence-electron chi connectivity index (χ0n) is 16.2. The van der Waals surface area contributed by atoms with Gasteiger partial charge in [-0.2, -0.15) is 4.98 Å². The van der Waals surface area contributed by atoms with Crippen LogP contribution in [0.3, 0.4) is 0 Å². The second kappa shape index (κ2) is 8.60. The summed E-state index contributed by atoms with van der Waals surface area (Å²) >= 11 is 0. The Kier molecular flexibility index (Phi) is 5.98. The normalized spacial score (nSPS) is 10.8.